The van der Waals surface area contributed by atoms with E-state index in [0.717, 1.165) is 33.1 Å². The first-order valence-electron chi connectivity index (χ1n) is 9.41. The molecule has 0 radical (unpaired) electrons. The Morgan fingerprint density at radius 3 is 2.60 bits per heavy atom. The van der Waals surface area contributed by atoms with E-state index in [1.54, 1.807) is 30.5 Å². The Hall–Kier alpha value is -3.71. The van der Waals surface area contributed by atoms with Crippen LogP contribution in [0, 0.1) is 0 Å². The Bertz CT molecular complexity index is 1270. The molecule has 0 spiro atoms. The Kier molecular flexibility index (Phi) is 5.10. The zero-order valence-corrected chi connectivity index (χ0v) is 16.7. The van der Waals surface area contributed by atoms with Crippen LogP contribution in [-0.2, 0) is 5.75 Å². The molecule has 0 aliphatic rings. The molecule has 0 saturated carbocycles. The number of rotatable bonds is 6. The quantitative estimate of drug-likeness (QED) is 0.279. The average molecular weight is 411 g/mol. The normalized spacial score (nSPS) is 10.9. The maximum atomic E-state index is 6.02. The summed E-state index contributed by atoms with van der Waals surface area (Å²) in [6.45, 7) is 0. The van der Waals surface area contributed by atoms with Crippen molar-refractivity contribution in [2.45, 2.75) is 10.8 Å². The summed E-state index contributed by atoms with van der Waals surface area (Å²) in [5.41, 5.74) is 2.84. The van der Waals surface area contributed by atoms with E-state index in [1.165, 1.54) is 0 Å². The number of hydrogen-bond donors (Lipinski definition) is 0. The molecule has 30 heavy (non-hydrogen) atoms. The first-order chi connectivity index (χ1) is 14.9. The fraction of sp³-hybridized carbons (Fsp3) is 0.0435. The number of ether oxygens (including phenoxy) is 1. The zero-order chi connectivity index (χ0) is 20.2. The predicted molar refractivity (Wildman–Crippen MR) is 117 cm³/mol. The van der Waals surface area contributed by atoms with Gasteiger partial charge in [-0.2, -0.15) is 5.10 Å². The standard InChI is InChI=1S/C23H17N5OS/c1-2-8-18(9-3-1)28-22-20(14-27-28)23(26-16-25-22)30-15-17-7-4-5-11-21(17)29-19-10-6-12-24-13-19/h1-14,16H,15H2. The van der Waals surface area contributed by atoms with Gasteiger partial charge in [0.2, 0.25) is 0 Å². The molecule has 0 amide bonds. The van der Waals surface area contributed by atoms with Crippen LogP contribution in [0.1, 0.15) is 5.56 Å². The number of para-hydroxylation sites is 2. The number of aromatic nitrogens is 5. The van der Waals surface area contributed by atoms with Crippen LogP contribution in [0.3, 0.4) is 0 Å². The highest BCUT2D eigenvalue weighted by Gasteiger charge is 2.13. The number of fused-ring (bicyclic) bond motifs is 1. The van der Waals surface area contributed by atoms with Crippen molar-refractivity contribution in [3.63, 3.8) is 0 Å². The van der Waals surface area contributed by atoms with Crippen molar-refractivity contribution in [3.8, 4) is 17.2 Å². The molecule has 0 atom stereocenters. The molecule has 0 saturated heterocycles. The molecule has 0 aliphatic heterocycles. The van der Waals surface area contributed by atoms with Gasteiger partial charge < -0.3 is 4.74 Å². The summed E-state index contributed by atoms with van der Waals surface area (Å²) in [5.74, 6) is 2.23. The van der Waals surface area contributed by atoms with Gasteiger partial charge in [0.05, 0.1) is 23.5 Å². The van der Waals surface area contributed by atoms with Gasteiger partial charge in [-0.25, -0.2) is 14.6 Å². The maximum absolute atomic E-state index is 6.02. The van der Waals surface area contributed by atoms with Crippen LogP contribution < -0.4 is 4.74 Å². The lowest BCUT2D eigenvalue weighted by Crippen LogP contribution is -1.97. The number of hydrogen-bond acceptors (Lipinski definition) is 6. The van der Waals surface area contributed by atoms with Crippen LogP contribution in [0.25, 0.3) is 16.7 Å². The molecule has 3 heterocycles. The lowest BCUT2D eigenvalue weighted by Gasteiger charge is -2.10. The van der Waals surface area contributed by atoms with Gasteiger partial charge in [0, 0.05) is 17.5 Å². The highest BCUT2D eigenvalue weighted by molar-refractivity contribution is 7.98. The third-order valence-electron chi connectivity index (χ3n) is 4.53. The number of thioether (sulfide) groups is 1. The number of nitrogens with zero attached hydrogens (tertiary/aromatic N) is 5. The molecule has 2 aromatic carbocycles. The minimum absolute atomic E-state index is 0.707. The molecule has 0 N–H and O–H groups in total. The largest absolute Gasteiger partial charge is 0.455 e. The smallest absolute Gasteiger partial charge is 0.167 e. The number of benzene rings is 2. The van der Waals surface area contributed by atoms with Gasteiger partial charge in [-0.1, -0.05) is 36.4 Å². The summed E-state index contributed by atoms with van der Waals surface area (Å²) < 4.78 is 7.86. The molecule has 6 nitrogen and oxygen atoms in total. The van der Waals surface area contributed by atoms with Crippen LogP contribution >= 0.6 is 11.8 Å². The summed E-state index contributed by atoms with van der Waals surface area (Å²) in [4.78, 5) is 13.1. The summed E-state index contributed by atoms with van der Waals surface area (Å²) in [7, 11) is 0. The van der Waals surface area contributed by atoms with E-state index in [-0.39, 0.29) is 0 Å². The van der Waals surface area contributed by atoms with Gasteiger partial charge >= 0.3 is 0 Å². The first-order valence-corrected chi connectivity index (χ1v) is 10.4. The molecule has 7 heteroatoms. The summed E-state index contributed by atoms with van der Waals surface area (Å²) >= 11 is 1.64. The molecule has 0 fully saturated rings. The third kappa shape index (κ3) is 3.75. The van der Waals surface area contributed by atoms with Gasteiger partial charge in [-0.3, -0.25) is 4.98 Å². The van der Waals surface area contributed by atoms with E-state index in [1.807, 2.05) is 71.5 Å². The molecular weight excluding hydrogens is 394 g/mol. The van der Waals surface area contributed by atoms with E-state index >= 15 is 0 Å². The summed E-state index contributed by atoms with van der Waals surface area (Å²) in [6, 6.07) is 21.7. The van der Waals surface area contributed by atoms with E-state index in [0.29, 0.717) is 11.5 Å². The van der Waals surface area contributed by atoms with Gasteiger partial charge in [0.1, 0.15) is 22.9 Å². The SMILES string of the molecule is c1ccc(-n2ncc3c(SCc4ccccc4Oc4cccnc4)ncnc32)cc1. The molecule has 5 rings (SSSR count). The van der Waals surface area contributed by atoms with Crippen molar-refractivity contribution in [1.29, 1.82) is 0 Å². The van der Waals surface area contributed by atoms with Crippen LogP contribution in [0.15, 0.2) is 96.7 Å². The molecule has 0 aliphatic carbocycles. The molecule has 5 aromatic rings. The number of pyridine rings is 1. The lowest BCUT2D eigenvalue weighted by molar-refractivity contribution is 0.476. The van der Waals surface area contributed by atoms with Crippen LogP contribution in [0.4, 0.5) is 0 Å². The third-order valence-corrected chi connectivity index (χ3v) is 5.58. The Balaban J connectivity index is 1.41. The lowest BCUT2D eigenvalue weighted by atomic mass is 10.2. The molecule has 0 unspecified atom stereocenters. The van der Waals surface area contributed by atoms with Crippen molar-refractivity contribution in [1.82, 2.24) is 24.7 Å². The minimum atomic E-state index is 0.707. The topological polar surface area (TPSA) is 65.7 Å². The highest BCUT2D eigenvalue weighted by atomic mass is 32.2. The van der Waals surface area contributed by atoms with Gasteiger partial charge in [-0.05, 0) is 30.3 Å². The van der Waals surface area contributed by atoms with Crippen molar-refractivity contribution in [2.75, 3.05) is 0 Å². The van der Waals surface area contributed by atoms with E-state index < -0.39 is 0 Å². The molecule has 3 aromatic heterocycles. The fourth-order valence-corrected chi connectivity index (χ4v) is 4.05. The Morgan fingerprint density at radius 1 is 0.867 bits per heavy atom. The van der Waals surface area contributed by atoms with Crippen LogP contribution in [-0.4, -0.2) is 24.7 Å². The van der Waals surface area contributed by atoms with Gasteiger partial charge in [-0.15, -0.1) is 11.8 Å². The second kappa shape index (κ2) is 8.34. The zero-order valence-electron chi connectivity index (χ0n) is 15.9. The molecular formula is C23H17N5OS. The van der Waals surface area contributed by atoms with E-state index in [2.05, 4.69) is 26.1 Å². The monoisotopic (exact) mass is 411 g/mol. The van der Waals surface area contributed by atoms with E-state index in [9.17, 15) is 0 Å². The molecule has 0 bridgehead atoms. The predicted octanol–water partition coefficient (Wildman–Crippen LogP) is 5.30. The van der Waals surface area contributed by atoms with Crippen molar-refractivity contribution < 1.29 is 4.74 Å². The molecule has 146 valence electrons. The Morgan fingerprint density at radius 2 is 1.73 bits per heavy atom. The average Bonchev–Trinajstić information content (AvgIpc) is 3.25. The second-order valence-corrected chi connectivity index (χ2v) is 7.46. The minimum Gasteiger partial charge on any atom is -0.455 e. The first kappa shape index (κ1) is 18.3. The van der Waals surface area contributed by atoms with Gasteiger partial charge in [0.15, 0.2) is 5.65 Å². The fourth-order valence-electron chi connectivity index (χ4n) is 3.10. The summed E-state index contributed by atoms with van der Waals surface area (Å²) in [5, 5.41) is 6.34. The highest BCUT2D eigenvalue weighted by Crippen LogP contribution is 2.32. The maximum Gasteiger partial charge on any atom is 0.167 e. The summed E-state index contributed by atoms with van der Waals surface area (Å²) in [6.07, 6.45) is 6.84. The Labute approximate surface area is 177 Å². The van der Waals surface area contributed by atoms with Crippen molar-refractivity contribution in [2.24, 2.45) is 0 Å². The van der Waals surface area contributed by atoms with Crippen molar-refractivity contribution >= 4 is 22.8 Å². The second-order valence-electron chi connectivity index (χ2n) is 6.50. The van der Waals surface area contributed by atoms with E-state index in [4.69, 9.17) is 4.74 Å². The van der Waals surface area contributed by atoms with Gasteiger partial charge in [0.25, 0.3) is 0 Å². The van der Waals surface area contributed by atoms with Crippen LogP contribution in [0.5, 0.6) is 11.5 Å². The van der Waals surface area contributed by atoms with Crippen LogP contribution in [0.2, 0.25) is 0 Å². The van der Waals surface area contributed by atoms with Crippen molar-refractivity contribution in [3.05, 3.63) is 97.2 Å².